The van der Waals surface area contributed by atoms with Crippen LogP contribution in [0.3, 0.4) is 0 Å². The third kappa shape index (κ3) is 3.31. The van der Waals surface area contributed by atoms with Crippen molar-refractivity contribution in [2.24, 2.45) is 5.41 Å². The van der Waals surface area contributed by atoms with Crippen LogP contribution in [0.2, 0.25) is 0 Å². The van der Waals surface area contributed by atoms with Crippen LogP contribution in [0.25, 0.3) is 0 Å². The van der Waals surface area contributed by atoms with Crippen molar-refractivity contribution in [3.8, 4) is 0 Å². The Kier molecular flexibility index (Phi) is 4.27. The van der Waals surface area contributed by atoms with Gasteiger partial charge >= 0.3 is 0 Å². The highest BCUT2D eigenvalue weighted by Gasteiger charge is 2.35. The molecule has 0 radical (unpaired) electrons. The molecule has 0 unspecified atom stereocenters. The van der Waals surface area contributed by atoms with E-state index in [4.69, 9.17) is 0 Å². The highest BCUT2D eigenvalue weighted by molar-refractivity contribution is 5.97. The number of hydrogen-bond donors (Lipinski definition) is 0. The van der Waals surface area contributed by atoms with E-state index < -0.39 is 0 Å². The second-order valence-electron chi connectivity index (χ2n) is 5.72. The Morgan fingerprint density at radius 3 is 1.50 bits per heavy atom. The maximum absolute atomic E-state index is 2.47. The molecular weight excluding hydrogens is 169 g/mol. The van der Waals surface area contributed by atoms with Crippen molar-refractivity contribution in [1.29, 1.82) is 0 Å². The Balaban J connectivity index is 4.75. The summed E-state index contributed by atoms with van der Waals surface area (Å²) in [5.74, 6) is 0. The second-order valence-corrected chi connectivity index (χ2v) is 5.72. The van der Waals surface area contributed by atoms with Crippen LogP contribution in [-0.4, -0.2) is 31.0 Å². The van der Waals surface area contributed by atoms with Crippen LogP contribution >= 0.6 is 0 Å². The number of quaternary nitrogens is 1. The maximum Gasteiger partial charge on any atom is 0.169 e. The van der Waals surface area contributed by atoms with Crippen molar-refractivity contribution < 1.29 is 4.39 Å². The van der Waals surface area contributed by atoms with E-state index in [9.17, 15) is 0 Å². The number of hydrogen-bond acceptors (Lipinski definition) is 0. The summed E-state index contributed by atoms with van der Waals surface area (Å²) in [5.41, 5.74) is 0.952. The average molecular weight is 199 g/mol. The van der Waals surface area contributed by atoms with Gasteiger partial charge in [-0.25, -0.2) is 0 Å². The molecule has 0 amide bonds. The molecule has 0 heterocycles. The molecular formula is C12H30BN. The van der Waals surface area contributed by atoms with Crippen molar-refractivity contribution in [2.75, 3.05) is 13.1 Å². The molecule has 0 spiro atoms. The summed E-state index contributed by atoms with van der Waals surface area (Å²) in [7, 11) is 0.362. The van der Waals surface area contributed by atoms with Crippen LogP contribution in [-0.2, 0) is 0 Å². The lowest BCUT2D eigenvalue weighted by molar-refractivity contribution is -0.866. The standard InChI is InChI=1S/C12H30BN/c1-8-14(13,9-2)12(6,7)10-11(3,4)5/h8-10H2,1-7,13H3. The van der Waals surface area contributed by atoms with Crippen molar-refractivity contribution in [2.45, 2.75) is 60.4 Å². The molecule has 0 saturated carbocycles. The van der Waals surface area contributed by atoms with E-state index in [2.05, 4.69) is 48.5 Å². The first kappa shape index (κ1) is 14.0. The minimum atomic E-state index is 0.362. The highest BCUT2D eigenvalue weighted by Crippen LogP contribution is 2.34. The summed E-state index contributed by atoms with van der Waals surface area (Å²) in [6, 6.07) is 0. The average Bonchev–Trinajstić information content (AvgIpc) is 1.98. The van der Waals surface area contributed by atoms with Crippen LogP contribution in [0.5, 0.6) is 0 Å². The van der Waals surface area contributed by atoms with Crippen molar-refractivity contribution >= 4 is 7.98 Å². The first-order valence-electron chi connectivity index (χ1n) is 5.48. The molecule has 0 aromatic rings. The highest BCUT2D eigenvalue weighted by atomic mass is 15.3. The molecule has 0 aliphatic carbocycles. The second kappa shape index (κ2) is 4.26. The summed E-state index contributed by atoms with van der Waals surface area (Å²) < 4.78 is 1.42. The van der Waals surface area contributed by atoms with E-state index in [1.165, 1.54) is 23.9 Å². The van der Waals surface area contributed by atoms with Crippen LogP contribution < -0.4 is 0 Å². The van der Waals surface area contributed by atoms with Crippen LogP contribution in [0.4, 0.5) is 0 Å². The maximum atomic E-state index is 2.47. The van der Waals surface area contributed by atoms with Crippen molar-refractivity contribution in [1.82, 2.24) is 0 Å². The molecule has 0 aliphatic rings. The van der Waals surface area contributed by atoms with E-state index in [1.807, 2.05) is 0 Å². The molecule has 0 N–H and O–H groups in total. The predicted molar refractivity (Wildman–Crippen MR) is 69.4 cm³/mol. The Morgan fingerprint density at radius 2 is 1.29 bits per heavy atom. The summed E-state index contributed by atoms with van der Waals surface area (Å²) in [4.78, 5) is 0. The zero-order valence-electron chi connectivity index (χ0n) is 10.6. The lowest BCUT2D eigenvalue weighted by Crippen LogP contribution is -2.60. The zero-order chi connectivity index (χ0) is 11.6. The van der Waals surface area contributed by atoms with E-state index in [0.29, 0.717) is 18.9 Å². The smallest absolute Gasteiger partial charge is 0.169 e. The SMILES string of the molecule is [BH3-][N+](CC)(CC)C(C)(C)CC(C)(C)C. The molecule has 1 nitrogen and oxygen atoms in total. The monoisotopic (exact) mass is 199 g/mol. The molecule has 0 rings (SSSR count). The lowest BCUT2D eigenvalue weighted by atomic mass is 9.77. The molecule has 86 valence electrons. The van der Waals surface area contributed by atoms with E-state index in [1.54, 1.807) is 0 Å². The minimum absolute atomic E-state index is 0.362. The summed E-state index contributed by atoms with van der Waals surface area (Å²) in [6.45, 7) is 19.4. The van der Waals surface area contributed by atoms with Gasteiger partial charge in [-0.2, -0.15) is 0 Å². The molecule has 0 atom stereocenters. The van der Waals surface area contributed by atoms with Gasteiger partial charge in [-0.1, -0.05) is 20.8 Å². The largest absolute Gasteiger partial charge is 0.518 e. The molecule has 0 bridgehead atoms. The first-order chi connectivity index (χ1) is 6.08. The molecule has 0 aromatic carbocycles. The number of nitrogens with zero attached hydrogens (tertiary/aromatic N) is 1. The Morgan fingerprint density at radius 1 is 0.929 bits per heavy atom. The van der Waals surface area contributed by atoms with Crippen LogP contribution in [0.15, 0.2) is 0 Å². The fraction of sp³-hybridized carbons (Fsp3) is 1.00. The van der Waals surface area contributed by atoms with Gasteiger partial charge in [0.1, 0.15) is 0 Å². The van der Waals surface area contributed by atoms with E-state index in [-0.39, 0.29) is 0 Å². The predicted octanol–water partition coefficient (Wildman–Crippen LogP) is 2.34. The van der Waals surface area contributed by atoms with Gasteiger partial charge in [-0.15, -0.1) is 0 Å². The Bertz CT molecular complexity index is 175. The van der Waals surface area contributed by atoms with Crippen LogP contribution in [0, 0.1) is 5.41 Å². The normalized spacial score (nSPS) is 14.6. The Hall–Kier alpha value is 0.0249. The quantitative estimate of drug-likeness (QED) is 0.609. The molecule has 2 heteroatoms. The molecule has 0 aliphatic heterocycles. The fourth-order valence-electron chi connectivity index (χ4n) is 2.49. The zero-order valence-corrected chi connectivity index (χ0v) is 10.6. The van der Waals surface area contributed by atoms with Crippen molar-refractivity contribution in [3.63, 3.8) is 0 Å². The van der Waals surface area contributed by atoms with Gasteiger partial charge in [0.2, 0.25) is 0 Å². The summed E-state index contributed by atoms with van der Waals surface area (Å²) in [6.07, 6.45) is 1.34. The first-order valence-corrected chi connectivity index (χ1v) is 5.48. The van der Waals surface area contributed by atoms with E-state index >= 15 is 0 Å². The van der Waals surface area contributed by atoms with Gasteiger partial charge in [0.25, 0.3) is 0 Å². The van der Waals surface area contributed by atoms with Gasteiger partial charge in [-0.05, 0) is 33.1 Å². The molecule has 0 aromatic heterocycles. The van der Waals surface area contributed by atoms with Gasteiger partial charge in [0.05, 0.1) is 5.54 Å². The molecule has 14 heavy (non-hydrogen) atoms. The van der Waals surface area contributed by atoms with Gasteiger partial charge < -0.3 is 4.39 Å². The third-order valence-corrected chi connectivity index (χ3v) is 2.58. The van der Waals surface area contributed by atoms with E-state index in [0.717, 1.165) is 0 Å². The summed E-state index contributed by atoms with van der Waals surface area (Å²) >= 11 is 0. The van der Waals surface area contributed by atoms with Crippen molar-refractivity contribution in [3.05, 3.63) is 0 Å². The molecule has 0 saturated heterocycles. The van der Waals surface area contributed by atoms with Gasteiger partial charge in [0.15, 0.2) is 7.98 Å². The number of rotatable bonds is 4. The van der Waals surface area contributed by atoms with Crippen LogP contribution in [0.1, 0.15) is 54.9 Å². The third-order valence-electron chi connectivity index (χ3n) is 2.58. The van der Waals surface area contributed by atoms with Gasteiger partial charge in [-0.3, -0.25) is 0 Å². The fourth-order valence-corrected chi connectivity index (χ4v) is 2.49. The summed E-state index contributed by atoms with van der Waals surface area (Å²) in [5, 5.41) is 0. The molecule has 0 fully saturated rings. The van der Waals surface area contributed by atoms with Gasteiger partial charge in [0, 0.05) is 19.5 Å². The Labute approximate surface area is 91.9 Å². The lowest BCUT2D eigenvalue weighted by Gasteiger charge is -2.57. The minimum Gasteiger partial charge on any atom is -0.518 e. The topological polar surface area (TPSA) is 0 Å².